The first kappa shape index (κ1) is 21.3. The zero-order valence-electron chi connectivity index (χ0n) is 16.6. The maximum atomic E-state index is 12.4. The Morgan fingerprint density at radius 1 is 0.964 bits per heavy atom. The molecule has 0 aromatic heterocycles. The first-order chi connectivity index (χ1) is 13.5. The molecule has 28 heavy (non-hydrogen) atoms. The number of amides is 2. The third-order valence-electron chi connectivity index (χ3n) is 4.14. The Bertz CT molecular complexity index is 745. The number of nitrogens with one attached hydrogen (secondary N) is 2. The van der Waals surface area contributed by atoms with Gasteiger partial charge in [-0.2, -0.15) is 0 Å². The van der Waals surface area contributed by atoms with E-state index in [0.717, 1.165) is 16.9 Å². The second-order valence-corrected chi connectivity index (χ2v) is 6.95. The van der Waals surface area contributed by atoms with Crippen molar-refractivity contribution in [1.82, 2.24) is 10.6 Å². The number of alkyl carbamates (subject to hydrolysis) is 1. The van der Waals surface area contributed by atoms with Crippen molar-refractivity contribution in [3.8, 4) is 5.75 Å². The summed E-state index contributed by atoms with van der Waals surface area (Å²) in [5, 5.41) is 5.46. The predicted molar refractivity (Wildman–Crippen MR) is 108 cm³/mol. The second kappa shape index (κ2) is 11.0. The Hall–Kier alpha value is -3.02. The number of carbonyl (C=O) groups is 2. The van der Waals surface area contributed by atoms with E-state index in [-0.39, 0.29) is 11.8 Å². The van der Waals surface area contributed by atoms with Crippen molar-refractivity contribution in [1.29, 1.82) is 0 Å². The van der Waals surface area contributed by atoms with E-state index in [9.17, 15) is 9.59 Å². The molecule has 0 heterocycles. The quantitative estimate of drug-likeness (QED) is 0.692. The molecular weight excluding hydrogens is 356 g/mol. The smallest absolute Gasteiger partial charge is 0.407 e. The Kier molecular flexibility index (Phi) is 8.34. The summed E-state index contributed by atoms with van der Waals surface area (Å²) in [6, 6.07) is 16.9. The van der Waals surface area contributed by atoms with Crippen molar-refractivity contribution < 1.29 is 19.1 Å². The highest BCUT2D eigenvalue weighted by molar-refractivity contribution is 5.85. The summed E-state index contributed by atoms with van der Waals surface area (Å²) < 4.78 is 10.3. The summed E-state index contributed by atoms with van der Waals surface area (Å²) in [7, 11) is 1.28. The van der Waals surface area contributed by atoms with Crippen molar-refractivity contribution in [2.45, 2.75) is 39.5 Å². The van der Waals surface area contributed by atoms with Crippen LogP contribution in [0.5, 0.6) is 5.75 Å². The van der Waals surface area contributed by atoms with Gasteiger partial charge in [-0.05, 0) is 35.6 Å². The molecule has 2 amide bonds. The van der Waals surface area contributed by atoms with Gasteiger partial charge in [-0.3, -0.25) is 4.79 Å². The summed E-state index contributed by atoms with van der Waals surface area (Å²) in [4.78, 5) is 23.9. The van der Waals surface area contributed by atoms with Crippen LogP contribution in [-0.2, 0) is 22.7 Å². The molecule has 6 nitrogen and oxygen atoms in total. The molecule has 2 rings (SSSR count). The monoisotopic (exact) mass is 384 g/mol. The molecule has 2 aromatic carbocycles. The average molecular weight is 384 g/mol. The number of hydrogen-bond acceptors (Lipinski definition) is 4. The van der Waals surface area contributed by atoms with Gasteiger partial charge in [0.05, 0.1) is 7.11 Å². The number of para-hydroxylation sites is 1. The minimum Gasteiger partial charge on any atom is -0.489 e. The predicted octanol–water partition coefficient (Wildman–Crippen LogP) is 3.65. The van der Waals surface area contributed by atoms with Crippen LogP contribution in [0, 0.1) is 5.92 Å². The summed E-state index contributed by atoms with van der Waals surface area (Å²) in [5.41, 5.74) is 2.02. The van der Waals surface area contributed by atoms with Crippen molar-refractivity contribution >= 4 is 12.0 Å². The van der Waals surface area contributed by atoms with Gasteiger partial charge < -0.3 is 20.1 Å². The van der Waals surface area contributed by atoms with Gasteiger partial charge in [0, 0.05) is 6.54 Å². The number of benzene rings is 2. The fraction of sp³-hybridized carbons (Fsp3) is 0.364. The molecule has 1 atom stereocenters. The van der Waals surface area contributed by atoms with E-state index >= 15 is 0 Å². The molecule has 0 fully saturated rings. The third-order valence-corrected chi connectivity index (χ3v) is 4.14. The molecule has 0 bridgehead atoms. The zero-order valence-corrected chi connectivity index (χ0v) is 16.6. The van der Waals surface area contributed by atoms with Gasteiger partial charge in [-0.15, -0.1) is 0 Å². The van der Waals surface area contributed by atoms with E-state index in [4.69, 9.17) is 4.74 Å². The first-order valence-electron chi connectivity index (χ1n) is 9.35. The molecule has 0 saturated carbocycles. The summed E-state index contributed by atoms with van der Waals surface area (Å²) in [6.07, 6.45) is -0.0694. The maximum Gasteiger partial charge on any atom is 0.407 e. The van der Waals surface area contributed by atoms with Gasteiger partial charge in [0.25, 0.3) is 0 Å². The van der Waals surface area contributed by atoms with E-state index in [0.29, 0.717) is 19.6 Å². The average Bonchev–Trinajstić information content (AvgIpc) is 2.71. The molecule has 0 radical (unpaired) electrons. The second-order valence-electron chi connectivity index (χ2n) is 6.95. The third kappa shape index (κ3) is 7.31. The van der Waals surface area contributed by atoms with Crippen LogP contribution < -0.4 is 15.4 Å². The molecule has 0 aliphatic rings. The van der Waals surface area contributed by atoms with E-state index in [1.54, 1.807) is 0 Å². The van der Waals surface area contributed by atoms with Crippen LogP contribution in [0.4, 0.5) is 4.79 Å². The lowest BCUT2D eigenvalue weighted by Crippen LogP contribution is -2.47. The fourth-order valence-electron chi connectivity index (χ4n) is 2.65. The Morgan fingerprint density at radius 3 is 2.21 bits per heavy atom. The van der Waals surface area contributed by atoms with Crippen molar-refractivity contribution in [2.24, 2.45) is 5.92 Å². The highest BCUT2D eigenvalue weighted by atomic mass is 16.5. The van der Waals surface area contributed by atoms with E-state index in [2.05, 4.69) is 15.4 Å². The molecule has 0 aliphatic carbocycles. The summed E-state index contributed by atoms with van der Waals surface area (Å²) >= 11 is 0. The highest BCUT2D eigenvalue weighted by Gasteiger charge is 2.21. The van der Waals surface area contributed by atoms with Gasteiger partial charge in [-0.25, -0.2) is 4.79 Å². The largest absolute Gasteiger partial charge is 0.489 e. The summed E-state index contributed by atoms with van der Waals surface area (Å²) in [5.74, 6) is 0.862. The number of rotatable bonds is 9. The standard InChI is InChI=1S/C22H28N2O4/c1-16(2)13-20(24-22(26)27-3)21(25)23-14-17-9-11-18(12-10-17)15-28-19-7-5-4-6-8-19/h4-12,16,20H,13-15H2,1-3H3,(H,23,25)(H,24,26). The lowest BCUT2D eigenvalue weighted by molar-refractivity contribution is -0.123. The van der Waals surface area contributed by atoms with E-state index < -0.39 is 12.1 Å². The Labute approximate surface area is 166 Å². The minimum atomic E-state index is -0.619. The normalized spacial score (nSPS) is 11.6. The molecular formula is C22H28N2O4. The molecule has 1 unspecified atom stereocenters. The van der Waals surface area contributed by atoms with Crippen LogP contribution in [0.25, 0.3) is 0 Å². The minimum absolute atomic E-state index is 0.226. The zero-order chi connectivity index (χ0) is 20.4. The van der Waals surface area contributed by atoms with Gasteiger partial charge in [0.1, 0.15) is 18.4 Å². The van der Waals surface area contributed by atoms with Crippen LogP contribution in [0.3, 0.4) is 0 Å². The topological polar surface area (TPSA) is 76.7 Å². The van der Waals surface area contributed by atoms with Gasteiger partial charge in [0.15, 0.2) is 0 Å². The van der Waals surface area contributed by atoms with Gasteiger partial charge in [0.2, 0.25) is 5.91 Å². The number of carbonyl (C=O) groups excluding carboxylic acids is 2. The SMILES string of the molecule is COC(=O)NC(CC(C)C)C(=O)NCc1ccc(COc2ccccc2)cc1. The molecule has 150 valence electrons. The highest BCUT2D eigenvalue weighted by Crippen LogP contribution is 2.12. The van der Waals surface area contributed by atoms with Crippen molar-refractivity contribution in [2.75, 3.05) is 7.11 Å². The lowest BCUT2D eigenvalue weighted by atomic mass is 10.0. The van der Waals surface area contributed by atoms with Crippen LogP contribution in [0.2, 0.25) is 0 Å². The number of methoxy groups -OCH3 is 1. The Balaban J connectivity index is 1.85. The van der Waals surface area contributed by atoms with Gasteiger partial charge >= 0.3 is 6.09 Å². The fourth-order valence-corrected chi connectivity index (χ4v) is 2.65. The van der Waals surface area contributed by atoms with Crippen LogP contribution >= 0.6 is 0 Å². The molecule has 0 spiro atoms. The molecule has 2 N–H and O–H groups in total. The van der Waals surface area contributed by atoms with Gasteiger partial charge in [-0.1, -0.05) is 56.3 Å². The number of ether oxygens (including phenoxy) is 2. The first-order valence-corrected chi connectivity index (χ1v) is 9.35. The molecule has 6 heteroatoms. The van der Waals surface area contributed by atoms with Crippen LogP contribution in [0.15, 0.2) is 54.6 Å². The lowest BCUT2D eigenvalue weighted by Gasteiger charge is -2.19. The van der Waals surface area contributed by atoms with E-state index in [1.807, 2.05) is 68.4 Å². The van der Waals surface area contributed by atoms with E-state index in [1.165, 1.54) is 7.11 Å². The number of hydrogen-bond donors (Lipinski definition) is 2. The van der Waals surface area contributed by atoms with Crippen molar-refractivity contribution in [3.63, 3.8) is 0 Å². The molecule has 0 aliphatic heterocycles. The molecule has 2 aromatic rings. The van der Waals surface area contributed by atoms with Crippen molar-refractivity contribution in [3.05, 3.63) is 65.7 Å². The van der Waals surface area contributed by atoms with Crippen LogP contribution in [0.1, 0.15) is 31.4 Å². The van der Waals surface area contributed by atoms with Crippen LogP contribution in [-0.4, -0.2) is 25.2 Å². The Morgan fingerprint density at radius 2 is 1.61 bits per heavy atom. The maximum absolute atomic E-state index is 12.4. The summed E-state index contributed by atoms with van der Waals surface area (Å²) in [6.45, 7) is 4.86. The molecule has 0 saturated heterocycles.